The summed E-state index contributed by atoms with van der Waals surface area (Å²) in [6, 6.07) is 3.14. The zero-order valence-corrected chi connectivity index (χ0v) is 19.3. The van der Waals surface area contributed by atoms with E-state index in [-0.39, 0.29) is 16.9 Å². The van der Waals surface area contributed by atoms with Crippen molar-refractivity contribution in [1.82, 2.24) is 29.7 Å². The van der Waals surface area contributed by atoms with E-state index in [0.29, 0.717) is 23.3 Å². The van der Waals surface area contributed by atoms with E-state index >= 15 is 0 Å². The van der Waals surface area contributed by atoms with Crippen LogP contribution in [0.25, 0.3) is 16.7 Å². The van der Waals surface area contributed by atoms with Crippen molar-refractivity contribution in [3.8, 4) is 5.82 Å². The average Bonchev–Trinajstić information content (AvgIpc) is 3.30. The fourth-order valence-corrected chi connectivity index (χ4v) is 3.66. The van der Waals surface area contributed by atoms with E-state index in [9.17, 15) is 26.3 Å². The maximum absolute atomic E-state index is 13.6. The topological polar surface area (TPSA) is 98.6 Å². The fourth-order valence-electron chi connectivity index (χ4n) is 3.54. The number of aromatic nitrogens is 6. The van der Waals surface area contributed by atoms with Gasteiger partial charge in [0.05, 0.1) is 22.7 Å². The van der Waals surface area contributed by atoms with Crippen molar-refractivity contribution in [3.63, 3.8) is 0 Å². The lowest BCUT2D eigenvalue weighted by Crippen LogP contribution is -2.26. The lowest BCUT2D eigenvalue weighted by atomic mass is 10.0. The number of fused-ring (bicyclic) bond motifs is 1. The Labute approximate surface area is 204 Å². The number of benzene rings is 1. The molecule has 0 bridgehead atoms. The molecule has 1 atom stereocenters. The Morgan fingerprint density at radius 3 is 2.31 bits per heavy atom. The third-order valence-corrected chi connectivity index (χ3v) is 5.70. The van der Waals surface area contributed by atoms with E-state index in [1.807, 2.05) is 0 Å². The van der Waals surface area contributed by atoms with Crippen LogP contribution in [0.2, 0.25) is 0 Å². The molecule has 0 saturated heterocycles. The zero-order chi connectivity index (χ0) is 26.4. The summed E-state index contributed by atoms with van der Waals surface area (Å²) in [5.74, 6) is 0.479. The molecule has 0 amide bonds. The predicted molar refractivity (Wildman–Crippen MR) is 121 cm³/mol. The lowest BCUT2D eigenvalue weighted by molar-refractivity contribution is -0.142. The molecule has 188 valence electrons. The van der Waals surface area contributed by atoms with Crippen molar-refractivity contribution >= 4 is 33.9 Å². The number of rotatable bonds is 5. The quantitative estimate of drug-likeness (QED) is 0.300. The van der Waals surface area contributed by atoms with Gasteiger partial charge in [-0.05, 0) is 31.2 Å². The Kier molecular flexibility index (Phi) is 6.28. The third-order valence-electron chi connectivity index (χ3n) is 5.46. The van der Waals surface area contributed by atoms with E-state index in [0.717, 1.165) is 6.33 Å². The third kappa shape index (κ3) is 4.65. The smallest absolute Gasteiger partial charge is 0.389 e. The fraction of sp³-hybridized carbons (Fsp3) is 0.238. The monoisotopic (exact) mass is 526 g/mol. The average molecular weight is 526 g/mol. The van der Waals surface area contributed by atoms with Gasteiger partial charge in [-0.15, -0.1) is 0 Å². The maximum Gasteiger partial charge on any atom is 0.418 e. The number of nitrogens with two attached hydrogens (primary N) is 1. The maximum atomic E-state index is 13.6. The van der Waals surface area contributed by atoms with E-state index in [1.165, 1.54) is 29.2 Å². The molecule has 0 saturated carbocycles. The highest BCUT2D eigenvalue weighted by Crippen LogP contribution is 2.41. The predicted octanol–water partition coefficient (Wildman–Crippen LogP) is 4.47. The molecule has 0 aliphatic heterocycles. The summed E-state index contributed by atoms with van der Waals surface area (Å²) in [6.07, 6.45) is -6.55. The van der Waals surface area contributed by atoms with Crippen molar-refractivity contribution in [2.45, 2.75) is 25.3 Å². The van der Waals surface area contributed by atoms with Gasteiger partial charge in [0.2, 0.25) is 0 Å². The van der Waals surface area contributed by atoms with Crippen LogP contribution in [0, 0.1) is 0 Å². The van der Waals surface area contributed by atoms with Gasteiger partial charge >= 0.3 is 12.4 Å². The minimum atomic E-state index is -5.07. The van der Waals surface area contributed by atoms with Gasteiger partial charge < -0.3 is 10.6 Å². The largest absolute Gasteiger partial charge is 0.418 e. The highest BCUT2D eigenvalue weighted by atomic mass is 32.1. The molecule has 0 radical (unpaired) electrons. The van der Waals surface area contributed by atoms with E-state index in [4.69, 9.17) is 18.0 Å². The highest BCUT2D eigenvalue weighted by Gasteiger charge is 2.39. The number of thiocarbonyl (C=S) groups is 1. The molecular weight excluding hydrogens is 510 g/mol. The molecule has 4 rings (SSSR count). The van der Waals surface area contributed by atoms with Gasteiger partial charge in [0.1, 0.15) is 23.5 Å². The van der Waals surface area contributed by atoms with Crippen molar-refractivity contribution in [3.05, 3.63) is 65.6 Å². The first-order valence-corrected chi connectivity index (χ1v) is 10.5. The van der Waals surface area contributed by atoms with Crippen molar-refractivity contribution < 1.29 is 26.3 Å². The van der Waals surface area contributed by atoms with Gasteiger partial charge in [-0.1, -0.05) is 12.2 Å². The second-order valence-corrected chi connectivity index (χ2v) is 8.14. The van der Waals surface area contributed by atoms with Crippen molar-refractivity contribution in [2.75, 3.05) is 11.9 Å². The van der Waals surface area contributed by atoms with Gasteiger partial charge in [-0.2, -0.15) is 36.1 Å². The number of alkyl halides is 6. The summed E-state index contributed by atoms with van der Waals surface area (Å²) >= 11 is 4.91. The molecule has 15 heteroatoms. The van der Waals surface area contributed by atoms with Gasteiger partial charge in [-0.25, -0.2) is 19.9 Å². The minimum Gasteiger partial charge on any atom is -0.389 e. The molecule has 0 fully saturated rings. The molecule has 0 aliphatic carbocycles. The SMILES string of the molecule is CC(c1ncnn1-c1ccc(C(N)=S)cn1)N(C)c1ncnc2c(C(F)(F)F)cc(C(F)(F)F)cc12. The minimum absolute atomic E-state index is 0.0432. The van der Waals surface area contributed by atoms with Crippen LogP contribution in [0.4, 0.5) is 32.2 Å². The summed E-state index contributed by atoms with van der Waals surface area (Å²) in [6.45, 7) is 1.64. The second-order valence-electron chi connectivity index (χ2n) is 7.70. The normalized spacial score (nSPS) is 13.1. The van der Waals surface area contributed by atoms with Gasteiger partial charge in [0, 0.05) is 24.2 Å². The molecule has 0 aliphatic rings. The first kappa shape index (κ1) is 25.2. The molecule has 3 aromatic heterocycles. The van der Waals surface area contributed by atoms with Crippen LogP contribution in [-0.4, -0.2) is 41.8 Å². The molecule has 4 aromatic rings. The van der Waals surface area contributed by atoms with E-state index in [2.05, 4.69) is 25.0 Å². The Morgan fingerprint density at radius 2 is 1.72 bits per heavy atom. The van der Waals surface area contributed by atoms with Gasteiger partial charge in [0.15, 0.2) is 11.6 Å². The van der Waals surface area contributed by atoms with Gasteiger partial charge in [-0.3, -0.25) is 0 Å². The molecule has 8 nitrogen and oxygen atoms in total. The Bertz CT molecular complexity index is 1430. The molecular formula is C21H16F6N8S. The molecule has 3 heterocycles. The van der Waals surface area contributed by atoms with Crippen LogP contribution in [0.5, 0.6) is 0 Å². The number of hydrogen-bond acceptors (Lipinski definition) is 7. The summed E-state index contributed by atoms with van der Waals surface area (Å²) in [5.41, 5.74) is 2.47. The van der Waals surface area contributed by atoms with Crippen LogP contribution in [-0.2, 0) is 12.4 Å². The summed E-state index contributed by atoms with van der Waals surface area (Å²) in [7, 11) is 1.46. The number of nitrogens with zero attached hydrogens (tertiary/aromatic N) is 7. The number of halogens is 6. The first-order chi connectivity index (χ1) is 16.8. The standard InChI is InChI=1S/C21H16F6N8S/c1-10(18-32-9-33-35(18)15-4-3-11(7-29-15)17(28)36)34(2)19-13-5-12(20(22,23)24)6-14(21(25,26)27)16(13)30-8-31-19/h3-10H,1-2H3,(H2,28,36). The van der Waals surface area contributed by atoms with E-state index < -0.39 is 40.4 Å². The van der Waals surface area contributed by atoms with Crippen LogP contribution in [0.3, 0.4) is 0 Å². The molecule has 1 unspecified atom stereocenters. The first-order valence-electron chi connectivity index (χ1n) is 10.1. The van der Waals surface area contributed by atoms with Crippen LogP contribution >= 0.6 is 12.2 Å². The van der Waals surface area contributed by atoms with E-state index in [1.54, 1.807) is 19.1 Å². The van der Waals surface area contributed by atoms with Crippen LogP contribution < -0.4 is 10.6 Å². The summed E-state index contributed by atoms with van der Waals surface area (Å²) in [5, 5.41) is 3.72. The van der Waals surface area contributed by atoms with Crippen LogP contribution in [0.1, 0.15) is 35.5 Å². The Morgan fingerprint density at radius 1 is 1.00 bits per heavy atom. The Hall–Kier alpha value is -3.88. The second kappa shape index (κ2) is 8.96. The van der Waals surface area contributed by atoms with Crippen molar-refractivity contribution in [2.24, 2.45) is 5.73 Å². The summed E-state index contributed by atoms with van der Waals surface area (Å²) < 4.78 is 82.6. The molecule has 36 heavy (non-hydrogen) atoms. The Balaban J connectivity index is 1.81. The van der Waals surface area contributed by atoms with Crippen LogP contribution in [0.15, 0.2) is 43.1 Å². The molecule has 0 spiro atoms. The summed E-state index contributed by atoms with van der Waals surface area (Å²) in [4.78, 5) is 17.6. The zero-order valence-electron chi connectivity index (χ0n) is 18.5. The highest BCUT2D eigenvalue weighted by molar-refractivity contribution is 7.80. The number of hydrogen-bond donors (Lipinski definition) is 1. The lowest BCUT2D eigenvalue weighted by Gasteiger charge is -2.27. The molecule has 2 N–H and O–H groups in total. The van der Waals surface area contributed by atoms with Gasteiger partial charge in [0.25, 0.3) is 0 Å². The van der Waals surface area contributed by atoms with Crippen molar-refractivity contribution in [1.29, 1.82) is 0 Å². The molecule has 1 aromatic carbocycles. The number of anilines is 1. The number of pyridine rings is 1.